The molecule has 2 aromatic heterocycles. The average molecular weight is 509 g/mol. The standard InChI is InChI=1S/C27H35F3N2O2S/c1-4-16-35(34)17-12-10-8-6-7-9-11-15-32-22(5-2)19(3)25-23(32)14-13-21-26(25)20(27(28,29)30)18-24(33)31-21/h4,13-14,18H,1,5-12,15-17H2,2-3H3,(H,31,33). The summed E-state index contributed by atoms with van der Waals surface area (Å²) in [6.07, 6.45) is 5.26. The van der Waals surface area contributed by atoms with Crippen LogP contribution in [0.25, 0.3) is 21.8 Å². The third-order valence-corrected chi connectivity index (χ3v) is 7.96. The summed E-state index contributed by atoms with van der Waals surface area (Å²) >= 11 is 0. The maximum absolute atomic E-state index is 13.8. The van der Waals surface area contributed by atoms with Gasteiger partial charge in [-0.05, 0) is 43.9 Å². The Morgan fingerprint density at radius 2 is 1.71 bits per heavy atom. The largest absolute Gasteiger partial charge is 0.417 e. The van der Waals surface area contributed by atoms with Crippen molar-refractivity contribution in [1.82, 2.24) is 9.55 Å². The normalized spacial score (nSPS) is 13.1. The zero-order valence-corrected chi connectivity index (χ0v) is 21.4. The molecule has 0 radical (unpaired) electrons. The molecule has 192 valence electrons. The Morgan fingerprint density at radius 3 is 2.34 bits per heavy atom. The second-order valence-corrected chi connectivity index (χ2v) is 10.7. The minimum atomic E-state index is -4.61. The molecule has 1 N–H and O–H groups in total. The molecule has 8 heteroatoms. The molecule has 1 aromatic carbocycles. The molecule has 0 aliphatic heterocycles. The highest BCUT2D eigenvalue weighted by molar-refractivity contribution is 7.85. The molecule has 1 unspecified atom stereocenters. The van der Waals surface area contributed by atoms with E-state index in [1.807, 2.05) is 19.9 Å². The lowest BCUT2D eigenvalue weighted by Gasteiger charge is -2.12. The van der Waals surface area contributed by atoms with E-state index in [4.69, 9.17) is 0 Å². The van der Waals surface area contributed by atoms with E-state index in [0.29, 0.717) is 17.2 Å². The molecule has 0 saturated carbocycles. The third-order valence-electron chi connectivity index (χ3n) is 6.61. The number of fused-ring (bicyclic) bond motifs is 3. The van der Waals surface area contributed by atoms with E-state index in [0.717, 1.165) is 80.4 Å². The van der Waals surface area contributed by atoms with E-state index in [1.54, 1.807) is 12.1 Å². The summed E-state index contributed by atoms with van der Waals surface area (Å²) in [5.74, 6) is 1.31. The number of nitrogens with one attached hydrogen (secondary N) is 1. The molecule has 0 spiro atoms. The number of alkyl halides is 3. The lowest BCUT2D eigenvalue weighted by molar-refractivity contribution is -0.136. The Kier molecular flexibility index (Phi) is 9.39. The first-order valence-corrected chi connectivity index (χ1v) is 13.9. The number of hydrogen-bond acceptors (Lipinski definition) is 2. The van der Waals surface area contributed by atoms with Crippen LogP contribution in [0.1, 0.15) is 68.7 Å². The van der Waals surface area contributed by atoms with E-state index in [9.17, 15) is 22.2 Å². The zero-order chi connectivity index (χ0) is 25.6. The highest BCUT2D eigenvalue weighted by atomic mass is 32.2. The molecule has 1 atom stereocenters. The molecule has 3 rings (SSSR count). The number of nitrogens with zero attached hydrogens (tertiary/aromatic N) is 1. The minimum Gasteiger partial charge on any atom is -0.344 e. The minimum absolute atomic E-state index is 0.0783. The molecule has 2 heterocycles. The van der Waals surface area contributed by atoms with Crippen molar-refractivity contribution in [3.63, 3.8) is 0 Å². The molecule has 3 aromatic rings. The van der Waals surface area contributed by atoms with Crippen LogP contribution in [-0.2, 0) is 29.9 Å². The van der Waals surface area contributed by atoms with Gasteiger partial charge in [0.1, 0.15) is 0 Å². The number of pyridine rings is 1. The van der Waals surface area contributed by atoms with Crippen molar-refractivity contribution in [3.05, 3.63) is 58.0 Å². The smallest absolute Gasteiger partial charge is 0.344 e. The van der Waals surface area contributed by atoms with Crippen molar-refractivity contribution in [2.45, 2.75) is 77.9 Å². The summed E-state index contributed by atoms with van der Waals surface area (Å²) in [6, 6.07) is 4.09. The molecule has 0 aliphatic rings. The number of rotatable bonds is 13. The molecule has 0 saturated heterocycles. The molecular weight excluding hydrogens is 473 g/mol. The number of aromatic nitrogens is 2. The maximum atomic E-state index is 13.8. The van der Waals surface area contributed by atoms with Gasteiger partial charge in [-0.2, -0.15) is 13.2 Å². The second-order valence-electron chi connectivity index (χ2n) is 9.08. The van der Waals surface area contributed by atoms with Crippen LogP contribution in [0.5, 0.6) is 0 Å². The van der Waals surface area contributed by atoms with Crippen LogP contribution in [0, 0.1) is 6.92 Å². The van der Waals surface area contributed by atoms with Crippen LogP contribution in [-0.4, -0.2) is 25.3 Å². The summed E-state index contributed by atoms with van der Waals surface area (Å²) in [5.41, 5.74) is 1.27. The fraction of sp³-hybridized carbons (Fsp3) is 0.519. The first-order valence-electron chi connectivity index (χ1n) is 12.4. The number of halogens is 3. The predicted molar refractivity (Wildman–Crippen MR) is 140 cm³/mol. The van der Waals surface area contributed by atoms with E-state index >= 15 is 0 Å². The van der Waals surface area contributed by atoms with Crippen molar-refractivity contribution in [1.29, 1.82) is 0 Å². The SMILES string of the molecule is C=CCS(=O)CCCCCCCCCn1c(CC)c(C)c2c3c(C(F)(F)F)cc(=O)[nH]c3ccc21. The van der Waals surface area contributed by atoms with Crippen LogP contribution < -0.4 is 5.56 Å². The molecular formula is C27H35F3N2O2S. The Labute approximate surface area is 207 Å². The topological polar surface area (TPSA) is 54.9 Å². The summed E-state index contributed by atoms with van der Waals surface area (Å²) in [5, 5.41) is 0.659. The van der Waals surface area contributed by atoms with Gasteiger partial charge < -0.3 is 9.55 Å². The number of unbranched alkanes of at least 4 members (excludes halogenated alkanes) is 6. The van der Waals surface area contributed by atoms with Crippen molar-refractivity contribution >= 4 is 32.6 Å². The summed E-state index contributed by atoms with van der Waals surface area (Å²) < 4.78 is 55.3. The fourth-order valence-corrected chi connectivity index (χ4v) is 5.97. The molecule has 4 nitrogen and oxygen atoms in total. The summed E-state index contributed by atoms with van der Waals surface area (Å²) in [6.45, 7) is 8.27. The molecule has 0 aliphatic carbocycles. The highest BCUT2D eigenvalue weighted by Gasteiger charge is 2.34. The van der Waals surface area contributed by atoms with E-state index in [-0.39, 0.29) is 10.9 Å². The van der Waals surface area contributed by atoms with Gasteiger partial charge in [0.05, 0.1) is 5.56 Å². The highest BCUT2D eigenvalue weighted by Crippen LogP contribution is 2.39. The van der Waals surface area contributed by atoms with Gasteiger partial charge in [-0.25, -0.2) is 0 Å². The summed E-state index contributed by atoms with van der Waals surface area (Å²) in [4.78, 5) is 14.4. The van der Waals surface area contributed by atoms with Crippen LogP contribution in [0.2, 0.25) is 0 Å². The van der Waals surface area contributed by atoms with E-state index in [2.05, 4.69) is 16.1 Å². The Bertz CT molecular complexity index is 1260. The van der Waals surface area contributed by atoms with Gasteiger partial charge in [0.2, 0.25) is 5.56 Å². The van der Waals surface area contributed by atoms with Crippen molar-refractivity contribution in [2.24, 2.45) is 0 Å². The van der Waals surface area contributed by atoms with Gasteiger partial charge >= 0.3 is 6.18 Å². The van der Waals surface area contributed by atoms with Gasteiger partial charge in [-0.15, -0.1) is 6.58 Å². The predicted octanol–water partition coefficient (Wildman–Crippen LogP) is 7.04. The van der Waals surface area contributed by atoms with Crippen LogP contribution in [0.3, 0.4) is 0 Å². The lowest BCUT2D eigenvalue weighted by atomic mass is 10.0. The van der Waals surface area contributed by atoms with Gasteiger partial charge in [0.15, 0.2) is 0 Å². The molecule has 0 amide bonds. The van der Waals surface area contributed by atoms with Gasteiger partial charge in [0, 0.05) is 62.4 Å². The molecule has 0 fully saturated rings. The van der Waals surface area contributed by atoms with Crippen LogP contribution in [0.15, 0.2) is 35.6 Å². The van der Waals surface area contributed by atoms with Crippen molar-refractivity contribution in [3.8, 4) is 0 Å². The van der Waals surface area contributed by atoms with Gasteiger partial charge in [-0.1, -0.05) is 45.1 Å². The van der Waals surface area contributed by atoms with Crippen LogP contribution >= 0.6 is 0 Å². The lowest BCUT2D eigenvalue weighted by Crippen LogP contribution is -2.14. The van der Waals surface area contributed by atoms with Gasteiger partial charge in [0.25, 0.3) is 0 Å². The Morgan fingerprint density at radius 1 is 1.06 bits per heavy atom. The Hall–Kier alpha value is -2.35. The number of H-pyrrole nitrogens is 1. The average Bonchev–Trinajstić information content (AvgIpc) is 3.07. The second kappa shape index (κ2) is 12.1. The molecule has 0 bridgehead atoms. The quantitative estimate of drug-likeness (QED) is 0.199. The molecule has 35 heavy (non-hydrogen) atoms. The maximum Gasteiger partial charge on any atom is 0.417 e. The van der Waals surface area contributed by atoms with Gasteiger partial charge in [-0.3, -0.25) is 9.00 Å². The number of aryl methyl sites for hydroxylation is 2. The van der Waals surface area contributed by atoms with E-state index in [1.165, 1.54) is 0 Å². The van der Waals surface area contributed by atoms with Crippen molar-refractivity contribution < 1.29 is 17.4 Å². The first kappa shape index (κ1) is 27.2. The first-order chi connectivity index (χ1) is 16.7. The fourth-order valence-electron chi connectivity index (χ4n) is 5.01. The Balaban J connectivity index is 1.71. The number of aromatic amines is 1. The number of hydrogen-bond donors (Lipinski definition) is 1. The zero-order valence-electron chi connectivity index (χ0n) is 20.6. The van der Waals surface area contributed by atoms with Crippen molar-refractivity contribution in [2.75, 3.05) is 11.5 Å². The number of benzene rings is 1. The monoisotopic (exact) mass is 508 g/mol. The summed E-state index contributed by atoms with van der Waals surface area (Å²) in [7, 11) is -0.782. The van der Waals surface area contributed by atoms with Crippen LogP contribution in [0.4, 0.5) is 13.2 Å². The van der Waals surface area contributed by atoms with E-state index < -0.39 is 28.1 Å². The third kappa shape index (κ3) is 6.46.